The summed E-state index contributed by atoms with van der Waals surface area (Å²) in [5.74, 6) is -0.218. The highest BCUT2D eigenvalue weighted by atomic mass is 32.1. The lowest BCUT2D eigenvalue weighted by atomic mass is 10.1. The third kappa shape index (κ3) is 4.40. The average Bonchev–Trinajstić information content (AvgIpc) is 2.98. The van der Waals surface area contributed by atoms with E-state index in [-0.39, 0.29) is 5.56 Å². The van der Waals surface area contributed by atoms with Gasteiger partial charge in [0.15, 0.2) is 0 Å². The Labute approximate surface area is 161 Å². The highest BCUT2D eigenvalue weighted by molar-refractivity contribution is 7.11. The number of nitrogens with one attached hydrogen (secondary N) is 1. The maximum Gasteiger partial charge on any atom is 0.339 e. The van der Waals surface area contributed by atoms with E-state index in [0.29, 0.717) is 36.1 Å². The highest BCUT2D eigenvalue weighted by Crippen LogP contribution is 2.26. The maximum atomic E-state index is 11.5. The molecular formula is C19H20N4O3S. The van der Waals surface area contributed by atoms with Crippen molar-refractivity contribution in [3.05, 3.63) is 51.6 Å². The van der Waals surface area contributed by atoms with Gasteiger partial charge in [-0.25, -0.2) is 19.7 Å². The van der Waals surface area contributed by atoms with Gasteiger partial charge in [0.25, 0.3) is 0 Å². The number of anilines is 1. The van der Waals surface area contributed by atoms with Crippen LogP contribution in [0.4, 0.5) is 5.95 Å². The summed E-state index contributed by atoms with van der Waals surface area (Å²) in [5, 5.41) is 13.7. The first-order valence-electron chi connectivity index (χ1n) is 8.48. The lowest BCUT2D eigenvalue weighted by Gasteiger charge is -2.10. The minimum Gasteiger partial charge on any atom is -0.493 e. The number of hydrogen-bond donors (Lipinski definition) is 2. The minimum atomic E-state index is -1.04. The molecule has 0 saturated carbocycles. The van der Waals surface area contributed by atoms with Gasteiger partial charge < -0.3 is 15.2 Å². The summed E-state index contributed by atoms with van der Waals surface area (Å²) in [6.07, 6.45) is 1.65. The van der Waals surface area contributed by atoms with Crippen molar-refractivity contribution in [1.29, 1.82) is 0 Å². The lowest BCUT2D eigenvalue weighted by Crippen LogP contribution is -2.05. The van der Waals surface area contributed by atoms with E-state index in [4.69, 9.17) is 4.74 Å². The van der Waals surface area contributed by atoms with Gasteiger partial charge in [0, 0.05) is 16.6 Å². The van der Waals surface area contributed by atoms with E-state index in [1.165, 1.54) is 0 Å². The first-order chi connectivity index (χ1) is 13.0. The Morgan fingerprint density at radius 2 is 2.07 bits per heavy atom. The summed E-state index contributed by atoms with van der Waals surface area (Å²) in [6.45, 7) is 6.76. The lowest BCUT2D eigenvalue weighted by molar-refractivity contribution is 0.0692. The maximum absolute atomic E-state index is 11.5. The average molecular weight is 384 g/mol. The van der Waals surface area contributed by atoms with Gasteiger partial charge in [-0.3, -0.25) is 0 Å². The summed E-state index contributed by atoms with van der Waals surface area (Å²) in [7, 11) is 0. The Morgan fingerprint density at radius 3 is 2.74 bits per heavy atom. The number of aromatic nitrogens is 3. The zero-order valence-electron chi connectivity index (χ0n) is 15.3. The number of aromatic carboxylic acids is 1. The Balaban J connectivity index is 1.83. The van der Waals surface area contributed by atoms with Gasteiger partial charge in [-0.05, 0) is 45.0 Å². The summed E-state index contributed by atoms with van der Waals surface area (Å²) >= 11 is 1.64. The van der Waals surface area contributed by atoms with Crippen molar-refractivity contribution < 1.29 is 14.6 Å². The zero-order chi connectivity index (χ0) is 19.4. The molecule has 3 aromatic rings. The number of rotatable bonds is 7. The Bertz CT molecular complexity index is 971. The number of carboxylic acid groups (broad SMARTS) is 1. The summed E-state index contributed by atoms with van der Waals surface area (Å²) < 4.78 is 5.38. The van der Waals surface area contributed by atoms with Crippen molar-refractivity contribution >= 4 is 23.3 Å². The fourth-order valence-electron chi connectivity index (χ4n) is 2.64. The Kier molecular flexibility index (Phi) is 5.66. The van der Waals surface area contributed by atoms with Crippen LogP contribution in [0.15, 0.2) is 30.5 Å². The fourth-order valence-corrected chi connectivity index (χ4v) is 3.52. The van der Waals surface area contributed by atoms with Crippen LogP contribution in [0, 0.1) is 13.8 Å². The molecule has 0 amide bonds. The second-order valence-corrected chi connectivity index (χ2v) is 7.10. The van der Waals surface area contributed by atoms with Gasteiger partial charge >= 0.3 is 5.97 Å². The van der Waals surface area contributed by atoms with Crippen LogP contribution in [0.5, 0.6) is 5.75 Å². The van der Waals surface area contributed by atoms with Crippen molar-refractivity contribution in [2.45, 2.75) is 27.3 Å². The van der Waals surface area contributed by atoms with E-state index in [1.54, 1.807) is 41.8 Å². The standard InChI is InChI=1S/C19H20N4O3S/c1-4-26-16-6-5-13(9-14(16)18(24)25)15-7-8-20-19(23-15)21-10-17-11(2)22-12(3)27-17/h5-9H,4,10H2,1-3H3,(H,24,25)(H,20,21,23). The third-order valence-electron chi connectivity index (χ3n) is 3.87. The SMILES string of the molecule is CCOc1ccc(-c2ccnc(NCc3sc(C)nc3C)n2)cc1C(=O)O. The molecule has 0 radical (unpaired) electrons. The molecule has 2 aromatic heterocycles. The first kappa shape index (κ1) is 18.8. The number of ether oxygens (including phenoxy) is 1. The van der Waals surface area contributed by atoms with E-state index >= 15 is 0 Å². The molecule has 0 atom stereocenters. The van der Waals surface area contributed by atoms with Crippen molar-refractivity contribution in [3.8, 4) is 17.0 Å². The molecule has 0 aliphatic carbocycles. The third-order valence-corrected chi connectivity index (χ3v) is 4.94. The topological polar surface area (TPSA) is 97.2 Å². The number of carbonyl (C=O) groups is 1. The Morgan fingerprint density at radius 1 is 1.26 bits per heavy atom. The van der Waals surface area contributed by atoms with E-state index < -0.39 is 5.97 Å². The molecular weight excluding hydrogens is 364 g/mol. The van der Waals surface area contributed by atoms with Crippen molar-refractivity contribution in [3.63, 3.8) is 0 Å². The van der Waals surface area contributed by atoms with Crippen molar-refractivity contribution in [1.82, 2.24) is 15.0 Å². The molecule has 8 heteroatoms. The van der Waals surface area contributed by atoms with Gasteiger partial charge in [-0.1, -0.05) is 0 Å². The minimum absolute atomic E-state index is 0.109. The van der Waals surface area contributed by atoms with Crippen LogP contribution in [0.2, 0.25) is 0 Å². The largest absolute Gasteiger partial charge is 0.493 e. The van der Waals surface area contributed by atoms with Crippen molar-refractivity contribution in [2.24, 2.45) is 0 Å². The van der Waals surface area contributed by atoms with Crippen LogP contribution in [0.3, 0.4) is 0 Å². The number of aryl methyl sites for hydroxylation is 2. The van der Waals surface area contributed by atoms with Gasteiger partial charge in [-0.2, -0.15) is 0 Å². The molecule has 140 valence electrons. The van der Waals surface area contributed by atoms with Crippen LogP contribution in [0.25, 0.3) is 11.3 Å². The monoisotopic (exact) mass is 384 g/mol. The molecule has 27 heavy (non-hydrogen) atoms. The van der Waals surface area contributed by atoms with E-state index in [2.05, 4.69) is 20.3 Å². The van der Waals surface area contributed by atoms with Gasteiger partial charge in [0.2, 0.25) is 5.95 Å². The molecule has 0 aliphatic rings. The van der Waals surface area contributed by atoms with E-state index in [0.717, 1.165) is 15.6 Å². The summed E-state index contributed by atoms with van der Waals surface area (Å²) in [6, 6.07) is 6.76. The van der Waals surface area contributed by atoms with Crippen LogP contribution in [-0.4, -0.2) is 32.6 Å². The first-order valence-corrected chi connectivity index (χ1v) is 9.30. The van der Waals surface area contributed by atoms with Gasteiger partial charge in [-0.15, -0.1) is 11.3 Å². The summed E-state index contributed by atoms with van der Waals surface area (Å²) in [5.41, 5.74) is 2.43. The molecule has 7 nitrogen and oxygen atoms in total. The summed E-state index contributed by atoms with van der Waals surface area (Å²) in [4.78, 5) is 25.8. The van der Waals surface area contributed by atoms with E-state index in [9.17, 15) is 9.90 Å². The number of nitrogens with zero attached hydrogens (tertiary/aromatic N) is 3. The Hall–Kier alpha value is -3.00. The normalized spacial score (nSPS) is 10.6. The quantitative estimate of drug-likeness (QED) is 0.637. The van der Waals surface area contributed by atoms with Crippen molar-refractivity contribution in [2.75, 3.05) is 11.9 Å². The second-order valence-electron chi connectivity index (χ2n) is 5.81. The molecule has 2 N–H and O–H groups in total. The predicted octanol–water partition coefficient (Wildman–Crippen LogP) is 3.93. The van der Waals surface area contributed by atoms with Crippen LogP contribution < -0.4 is 10.1 Å². The molecule has 3 rings (SSSR count). The number of hydrogen-bond acceptors (Lipinski definition) is 7. The van der Waals surface area contributed by atoms with Gasteiger partial charge in [0.05, 0.1) is 29.5 Å². The second kappa shape index (κ2) is 8.13. The fraction of sp³-hybridized carbons (Fsp3) is 0.263. The smallest absolute Gasteiger partial charge is 0.339 e. The van der Waals surface area contributed by atoms with Gasteiger partial charge in [0.1, 0.15) is 11.3 Å². The zero-order valence-corrected chi connectivity index (χ0v) is 16.1. The molecule has 0 fully saturated rings. The highest BCUT2D eigenvalue weighted by Gasteiger charge is 2.14. The molecule has 0 saturated heterocycles. The van der Waals surface area contributed by atoms with Crippen LogP contribution >= 0.6 is 11.3 Å². The number of carboxylic acids is 1. The van der Waals surface area contributed by atoms with Crippen LogP contribution in [0.1, 0.15) is 32.9 Å². The molecule has 0 aliphatic heterocycles. The molecule has 2 heterocycles. The number of thiazole rings is 1. The van der Waals surface area contributed by atoms with Crippen LogP contribution in [-0.2, 0) is 6.54 Å². The predicted molar refractivity (Wildman–Crippen MR) is 105 cm³/mol. The van der Waals surface area contributed by atoms with E-state index in [1.807, 2.05) is 20.8 Å². The molecule has 0 unspecified atom stereocenters. The number of benzene rings is 1. The molecule has 1 aromatic carbocycles. The molecule has 0 spiro atoms. The molecule has 0 bridgehead atoms.